The molecular formula is C5H8KN2O3P. The van der Waals surface area contributed by atoms with Gasteiger partial charge in [0.05, 0.1) is 0 Å². The number of nitriles is 1. The molecule has 0 aromatic heterocycles. The Morgan fingerprint density at radius 1 is 1.50 bits per heavy atom. The van der Waals surface area contributed by atoms with E-state index in [1.807, 2.05) is 0 Å². The first kappa shape index (κ1) is 13.2. The van der Waals surface area contributed by atoms with Crippen molar-refractivity contribution in [3.63, 3.8) is 0 Å². The van der Waals surface area contributed by atoms with Gasteiger partial charge in [0.1, 0.15) is 5.81 Å². The summed E-state index contributed by atoms with van der Waals surface area (Å²) in [6, 6.07) is 0. The van der Waals surface area contributed by atoms with Crippen LogP contribution in [0.25, 0.3) is 0 Å². The second kappa shape index (κ2) is 5.86. The normalized spacial score (nSPS) is 22.3. The predicted molar refractivity (Wildman–Crippen MR) is 35.1 cm³/mol. The summed E-state index contributed by atoms with van der Waals surface area (Å²) in [7, 11) is -4.24. The van der Waals surface area contributed by atoms with Crippen LogP contribution in [0.4, 0.5) is 0 Å². The largest absolute Gasteiger partial charge is 1.00 e. The first-order chi connectivity index (χ1) is 5.14. The fourth-order valence-electron chi connectivity index (χ4n) is 0.940. The van der Waals surface area contributed by atoms with Gasteiger partial charge in [-0.15, -0.1) is 0 Å². The summed E-state index contributed by atoms with van der Waals surface area (Å²) in [5.74, 6) is 1.10. The molecule has 0 amide bonds. The summed E-state index contributed by atoms with van der Waals surface area (Å²) in [6.07, 6.45) is 1.84. The molecule has 0 N–H and O–H groups in total. The van der Waals surface area contributed by atoms with E-state index in [1.54, 1.807) is 0 Å². The van der Waals surface area contributed by atoms with Crippen molar-refractivity contribution < 1.29 is 65.5 Å². The molecule has 12 heavy (non-hydrogen) atoms. The Kier molecular flexibility index (Phi) is 6.46. The van der Waals surface area contributed by atoms with E-state index in [2.05, 4.69) is 4.62 Å². The van der Waals surface area contributed by atoms with Gasteiger partial charge < -0.3 is 4.89 Å². The van der Waals surface area contributed by atoms with E-state index in [4.69, 9.17) is 5.26 Å². The van der Waals surface area contributed by atoms with E-state index >= 15 is 0 Å². The van der Waals surface area contributed by atoms with Crippen molar-refractivity contribution >= 4 is 7.60 Å². The van der Waals surface area contributed by atoms with Gasteiger partial charge in [-0.05, 0) is 12.8 Å². The van der Waals surface area contributed by atoms with Crippen LogP contribution in [0.1, 0.15) is 12.8 Å². The molecule has 1 unspecified atom stereocenters. The Hall–Kier alpha value is 1.24. The molecule has 1 aliphatic rings. The van der Waals surface area contributed by atoms with Crippen LogP contribution in [0, 0.1) is 11.1 Å². The van der Waals surface area contributed by atoms with Crippen LogP contribution in [0.15, 0.2) is 0 Å². The third kappa shape index (κ3) is 4.47. The third-order valence-electron chi connectivity index (χ3n) is 1.41. The van der Waals surface area contributed by atoms with Crippen LogP contribution < -0.4 is 56.3 Å². The number of hydrogen-bond acceptors (Lipinski definition) is 5. The Balaban J connectivity index is 0.00000121. The standard InChI is InChI=1S/C5H9N2O3P.K/c6-5-11(8,9)10-7-3-1-2-4-7;/h1-4H2,(H,8,9);/q;+1/p-1. The topological polar surface area (TPSA) is 76.4 Å². The zero-order valence-electron chi connectivity index (χ0n) is 6.89. The van der Waals surface area contributed by atoms with Gasteiger partial charge in [-0.3, -0.25) is 4.57 Å². The average Bonchev–Trinajstić information content (AvgIpc) is 2.39. The fourth-order valence-corrected chi connectivity index (χ4v) is 1.44. The van der Waals surface area contributed by atoms with Gasteiger partial charge >= 0.3 is 51.4 Å². The molecule has 0 bridgehead atoms. The van der Waals surface area contributed by atoms with Crippen LogP contribution >= 0.6 is 7.60 Å². The zero-order valence-corrected chi connectivity index (χ0v) is 10.9. The van der Waals surface area contributed by atoms with Crippen molar-refractivity contribution in [3.05, 3.63) is 0 Å². The Morgan fingerprint density at radius 3 is 2.42 bits per heavy atom. The van der Waals surface area contributed by atoms with Crippen molar-refractivity contribution in [1.82, 2.24) is 5.06 Å². The molecule has 0 aromatic carbocycles. The van der Waals surface area contributed by atoms with Crippen molar-refractivity contribution in [1.29, 1.82) is 5.26 Å². The first-order valence-corrected chi connectivity index (χ1v) is 4.85. The van der Waals surface area contributed by atoms with Crippen molar-refractivity contribution in [3.8, 4) is 5.81 Å². The Bertz CT molecular complexity index is 223. The van der Waals surface area contributed by atoms with Gasteiger partial charge in [0.15, 0.2) is 0 Å². The summed E-state index contributed by atoms with van der Waals surface area (Å²) in [4.78, 5) is 10.6. The molecule has 7 heteroatoms. The molecule has 1 rings (SSSR count). The summed E-state index contributed by atoms with van der Waals surface area (Å²) < 4.78 is 15.0. The van der Waals surface area contributed by atoms with E-state index in [0.29, 0.717) is 13.1 Å². The number of hydroxylamine groups is 2. The van der Waals surface area contributed by atoms with Crippen LogP contribution in [-0.2, 0) is 9.19 Å². The van der Waals surface area contributed by atoms with Gasteiger partial charge in [0.25, 0.3) is 7.60 Å². The van der Waals surface area contributed by atoms with Crippen LogP contribution in [0.3, 0.4) is 0 Å². The molecule has 1 fully saturated rings. The molecule has 5 nitrogen and oxygen atoms in total. The minimum Gasteiger partial charge on any atom is -0.766 e. The van der Waals surface area contributed by atoms with Crippen molar-refractivity contribution in [2.24, 2.45) is 0 Å². The molecule has 62 valence electrons. The molecule has 0 saturated carbocycles. The van der Waals surface area contributed by atoms with Crippen LogP contribution in [-0.4, -0.2) is 18.2 Å². The Labute approximate surface area is 114 Å². The molecule has 0 radical (unpaired) electrons. The van der Waals surface area contributed by atoms with E-state index in [9.17, 15) is 9.46 Å². The maximum atomic E-state index is 10.6. The molecular weight excluding hydrogens is 206 g/mol. The van der Waals surface area contributed by atoms with Crippen molar-refractivity contribution in [2.45, 2.75) is 12.8 Å². The maximum absolute atomic E-state index is 10.6. The van der Waals surface area contributed by atoms with Crippen molar-refractivity contribution in [2.75, 3.05) is 13.1 Å². The second-order valence-corrected chi connectivity index (χ2v) is 3.67. The monoisotopic (exact) mass is 214 g/mol. The number of nitrogens with zero attached hydrogens (tertiary/aromatic N) is 2. The maximum Gasteiger partial charge on any atom is 1.00 e. The minimum atomic E-state index is -4.24. The van der Waals surface area contributed by atoms with E-state index < -0.39 is 7.60 Å². The second-order valence-electron chi connectivity index (χ2n) is 2.32. The van der Waals surface area contributed by atoms with Crippen LogP contribution in [0.2, 0.25) is 0 Å². The summed E-state index contributed by atoms with van der Waals surface area (Å²) in [5, 5.41) is 9.38. The van der Waals surface area contributed by atoms with Gasteiger partial charge in [-0.2, -0.15) is 10.3 Å². The summed E-state index contributed by atoms with van der Waals surface area (Å²) in [5.41, 5.74) is 0. The summed E-state index contributed by atoms with van der Waals surface area (Å²) in [6.45, 7) is 1.18. The van der Waals surface area contributed by atoms with E-state index in [1.165, 1.54) is 5.06 Å². The van der Waals surface area contributed by atoms with Gasteiger partial charge in [0.2, 0.25) is 0 Å². The summed E-state index contributed by atoms with van der Waals surface area (Å²) >= 11 is 0. The quantitative estimate of drug-likeness (QED) is 0.363. The molecule has 1 heterocycles. The smallest absolute Gasteiger partial charge is 0.766 e. The number of hydrogen-bond donors (Lipinski definition) is 0. The Morgan fingerprint density at radius 2 is 2.00 bits per heavy atom. The molecule has 0 aromatic rings. The van der Waals surface area contributed by atoms with Crippen LogP contribution in [0.5, 0.6) is 0 Å². The average molecular weight is 214 g/mol. The van der Waals surface area contributed by atoms with E-state index in [0.717, 1.165) is 18.7 Å². The SMILES string of the molecule is N#CP(=O)([O-])ON1CCCC1.[K+]. The molecule has 1 atom stereocenters. The van der Waals surface area contributed by atoms with Gasteiger partial charge in [-0.1, -0.05) is 0 Å². The molecule has 1 aliphatic heterocycles. The van der Waals surface area contributed by atoms with E-state index in [-0.39, 0.29) is 51.4 Å². The van der Waals surface area contributed by atoms with Gasteiger partial charge in [-0.25, -0.2) is 4.62 Å². The minimum absolute atomic E-state index is 0. The number of rotatable bonds is 2. The first-order valence-electron chi connectivity index (χ1n) is 3.31. The predicted octanol–water partition coefficient (Wildman–Crippen LogP) is -2.95. The molecule has 0 aliphatic carbocycles. The molecule has 0 spiro atoms. The zero-order chi connectivity index (χ0) is 8.32. The fraction of sp³-hybridized carbons (Fsp3) is 0.800. The third-order valence-corrected chi connectivity index (χ3v) is 2.10. The van der Waals surface area contributed by atoms with Gasteiger partial charge in [0, 0.05) is 13.1 Å². The molecule has 1 saturated heterocycles.